The van der Waals surface area contributed by atoms with Crippen LogP contribution < -0.4 is 0 Å². The topological polar surface area (TPSA) is 54.5 Å². The van der Waals surface area contributed by atoms with Crippen molar-refractivity contribution in [3.63, 3.8) is 0 Å². The summed E-state index contributed by atoms with van der Waals surface area (Å²) in [4.78, 5) is 0. The van der Waals surface area contributed by atoms with Crippen molar-refractivity contribution in [2.24, 2.45) is 0 Å². The summed E-state index contributed by atoms with van der Waals surface area (Å²) < 4.78 is 1.88. The van der Waals surface area contributed by atoms with Gasteiger partial charge in [-0.1, -0.05) is 48.9 Å². The first-order chi connectivity index (χ1) is 9.35. The quantitative estimate of drug-likeness (QED) is 0.796. The van der Waals surface area contributed by atoms with Crippen LogP contribution in [0.5, 0.6) is 0 Å². The van der Waals surface area contributed by atoms with Gasteiger partial charge in [0.2, 0.25) is 0 Å². The van der Waals surface area contributed by atoms with E-state index in [4.69, 9.17) is 5.26 Å². The number of rotatable bonds is 6. The van der Waals surface area contributed by atoms with Crippen molar-refractivity contribution < 1.29 is 0 Å². The van der Waals surface area contributed by atoms with Crippen LogP contribution in [0.4, 0.5) is 0 Å². The van der Waals surface area contributed by atoms with Crippen molar-refractivity contribution in [1.82, 2.24) is 15.0 Å². The first kappa shape index (κ1) is 13.3. The Morgan fingerprint density at radius 3 is 2.68 bits per heavy atom. The average Bonchev–Trinajstić information content (AvgIpc) is 2.83. The summed E-state index contributed by atoms with van der Waals surface area (Å²) in [5.41, 5.74) is 2.78. The van der Waals surface area contributed by atoms with Crippen molar-refractivity contribution in [3.05, 3.63) is 47.3 Å². The van der Waals surface area contributed by atoms with E-state index in [9.17, 15) is 0 Å². The van der Waals surface area contributed by atoms with E-state index in [1.807, 2.05) is 10.7 Å². The third-order valence-corrected chi connectivity index (χ3v) is 3.11. The summed E-state index contributed by atoms with van der Waals surface area (Å²) in [6, 6.07) is 12.5. The number of hydrogen-bond acceptors (Lipinski definition) is 3. The molecule has 0 bridgehead atoms. The molecule has 4 nitrogen and oxygen atoms in total. The predicted molar refractivity (Wildman–Crippen MR) is 73.5 cm³/mol. The normalized spacial score (nSPS) is 10.3. The highest BCUT2D eigenvalue weighted by Crippen LogP contribution is 2.09. The van der Waals surface area contributed by atoms with E-state index in [1.165, 1.54) is 5.56 Å². The first-order valence-corrected chi connectivity index (χ1v) is 6.71. The Hall–Kier alpha value is -2.15. The molecule has 0 N–H and O–H groups in total. The van der Waals surface area contributed by atoms with E-state index in [-0.39, 0.29) is 0 Å². The molecule has 0 fully saturated rings. The van der Waals surface area contributed by atoms with Gasteiger partial charge in [-0.3, -0.25) is 0 Å². The van der Waals surface area contributed by atoms with Crippen molar-refractivity contribution in [2.45, 2.75) is 39.2 Å². The largest absolute Gasteiger partial charge is 0.248 e. The zero-order valence-electron chi connectivity index (χ0n) is 11.2. The van der Waals surface area contributed by atoms with Gasteiger partial charge in [-0.25, -0.2) is 4.68 Å². The van der Waals surface area contributed by atoms with Crippen molar-refractivity contribution in [1.29, 1.82) is 5.26 Å². The molecule has 0 saturated carbocycles. The molecule has 0 saturated heterocycles. The van der Waals surface area contributed by atoms with Crippen LogP contribution in [-0.4, -0.2) is 15.0 Å². The molecule has 0 amide bonds. The SMILES string of the molecule is CCCc1c(C#N)nnn1CCCc1ccccc1. The number of hydrogen-bond donors (Lipinski definition) is 0. The summed E-state index contributed by atoms with van der Waals surface area (Å²) in [6.07, 6.45) is 3.89. The van der Waals surface area contributed by atoms with E-state index < -0.39 is 0 Å². The molecule has 4 heteroatoms. The number of benzene rings is 1. The summed E-state index contributed by atoms with van der Waals surface area (Å²) in [7, 11) is 0. The molecule has 2 aromatic rings. The molecule has 0 atom stereocenters. The molecule has 1 heterocycles. The number of nitrogens with zero attached hydrogens (tertiary/aromatic N) is 4. The van der Waals surface area contributed by atoms with Gasteiger partial charge in [0.25, 0.3) is 0 Å². The fourth-order valence-electron chi connectivity index (χ4n) is 2.16. The van der Waals surface area contributed by atoms with Crippen LogP contribution in [0.2, 0.25) is 0 Å². The molecule has 0 spiro atoms. The molecule has 98 valence electrons. The summed E-state index contributed by atoms with van der Waals surface area (Å²) in [5, 5.41) is 17.0. The third kappa shape index (κ3) is 3.41. The van der Waals surface area contributed by atoms with Crippen LogP contribution in [0.25, 0.3) is 0 Å². The fraction of sp³-hybridized carbons (Fsp3) is 0.400. The Kier molecular flexibility index (Phi) is 4.68. The van der Waals surface area contributed by atoms with Gasteiger partial charge in [-0.05, 0) is 24.8 Å². The van der Waals surface area contributed by atoms with Gasteiger partial charge in [-0.15, -0.1) is 5.10 Å². The average molecular weight is 254 g/mol. The molecule has 2 rings (SSSR count). The van der Waals surface area contributed by atoms with Crippen LogP contribution in [0.15, 0.2) is 30.3 Å². The summed E-state index contributed by atoms with van der Waals surface area (Å²) >= 11 is 0. The molecule has 1 aromatic heterocycles. The predicted octanol–water partition coefficient (Wildman–Crippen LogP) is 2.74. The minimum Gasteiger partial charge on any atom is -0.248 e. The van der Waals surface area contributed by atoms with E-state index >= 15 is 0 Å². The lowest BCUT2D eigenvalue weighted by atomic mass is 10.1. The molecule has 0 radical (unpaired) electrons. The Balaban J connectivity index is 1.96. The maximum Gasteiger partial charge on any atom is 0.185 e. The van der Waals surface area contributed by atoms with Crippen LogP contribution in [-0.2, 0) is 19.4 Å². The molecule has 0 aliphatic carbocycles. The highest BCUT2D eigenvalue weighted by molar-refractivity contribution is 5.24. The minimum atomic E-state index is 0.474. The second-order valence-electron chi connectivity index (χ2n) is 4.56. The summed E-state index contributed by atoms with van der Waals surface area (Å²) in [6.45, 7) is 2.92. The first-order valence-electron chi connectivity index (χ1n) is 6.71. The fourth-order valence-corrected chi connectivity index (χ4v) is 2.16. The lowest BCUT2D eigenvalue weighted by molar-refractivity contribution is 0.535. The van der Waals surface area contributed by atoms with Crippen molar-refractivity contribution in [3.8, 4) is 6.07 Å². The summed E-state index contributed by atoms with van der Waals surface area (Å²) in [5.74, 6) is 0. The second-order valence-corrected chi connectivity index (χ2v) is 4.56. The molecule has 0 unspecified atom stereocenters. The number of aromatic nitrogens is 3. The third-order valence-electron chi connectivity index (χ3n) is 3.11. The van der Waals surface area contributed by atoms with E-state index in [0.717, 1.165) is 37.9 Å². The van der Waals surface area contributed by atoms with Crippen molar-refractivity contribution in [2.75, 3.05) is 0 Å². The monoisotopic (exact) mass is 254 g/mol. The number of nitriles is 1. The Labute approximate surface area is 113 Å². The van der Waals surface area contributed by atoms with Crippen LogP contribution in [0.1, 0.15) is 36.7 Å². The van der Waals surface area contributed by atoms with E-state index in [0.29, 0.717) is 5.69 Å². The Morgan fingerprint density at radius 2 is 2.00 bits per heavy atom. The molecular weight excluding hydrogens is 236 g/mol. The van der Waals surface area contributed by atoms with E-state index in [1.54, 1.807) is 0 Å². The zero-order chi connectivity index (χ0) is 13.5. The zero-order valence-corrected chi connectivity index (χ0v) is 11.2. The van der Waals surface area contributed by atoms with Gasteiger partial charge in [0.15, 0.2) is 5.69 Å². The van der Waals surface area contributed by atoms with Crippen LogP contribution in [0, 0.1) is 11.3 Å². The second kappa shape index (κ2) is 6.69. The lowest BCUT2D eigenvalue weighted by Crippen LogP contribution is -2.07. The van der Waals surface area contributed by atoms with Crippen LogP contribution in [0.3, 0.4) is 0 Å². The molecule has 1 aromatic carbocycles. The van der Waals surface area contributed by atoms with Gasteiger partial charge < -0.3 is 0 Å². The smallest absolute Gasteiger partial charge is 0.185 e. The van der Waals surface area contributed by atoms with Gasteiger partial charge in [-0.2, -0.15) is 5.26 Å². The highest BCUT2D eigenvalue weighted by Gasteiger charge is 2.10. The van der Waals surface area contributed by atoms with Gasteiger partial charge in [0, 0.05) is 6.54 Å². The maximum atomic E-state index is 9.00. The lowest BCUT2D eigenvalue weighted by Gasteiger charge is -2.05. The van der Waals surface area contributed by atoms with Gasteiger partial charge in [0.1, 0.15) is 6.07 Å². The molecule has 19 heavy (non-hydrogen) atoms. The molecule has 0 aliphatic heterocycles. The number of aryl methyl sites for hydroxylation is 2. The Morgan fingerprint density at radius 1 is 1.21 bits per heavy atom. The standard InChI is InChI=1S/C15H18N4/c1-2-7-15-14(12-16)17-18-19(15)11-6-10-13-8-4-3-5-9-13/h3-5,8-9H,2,6-7,10-11H2,1H3. The van der Waals surface area contributed by atoms with Crippen molar-refractivity contribution >= 4 is 0 Å². The van der Waals surface area contributed by atoms with Gasteiger partial charge >= 0.3 is 0 Å². The highest BCUT2D eigenvalue weighted by atomic mass is 15.4. The minimum absolute atomic E-state index is 0.474. The maximum absolute atomic E-state index is 9.00. The van der Waals surface area contributed by atoms with E-state index in [2.05, 4.69) is 47.6 Å². The molecule has 0 aliphatic rings. The van der Waals surface area contributed by atoms with Gasteiger partial charge in [0.05, 0.1) is 5.69 Å². The Bertz CT molecular complexity index is 551. The van der Waals surface area contributed by atoms with Crippen LogP contribution >= 0.6 is 0 Å². The molecular formula is C15H18N4.